The van der Waals surface area contributed by atoms with E-state index in [1.54, 1.807) is 0 Å². The van der Waals surface area contributed by atoms with Crippen LogP contribution in [0.3, 0.4) is 0 Å². The predicted molar refractivity (Wildman–Crippen MR) is 79.2 cm³/mol. The second kappa shape index (κ2) is 6.36. The number of carbonyl (C=O) groups is 1. The Kier molecular flexibility index (Phi) is 5.02. The van der Waals surface area contributed by atoms with Crippen molar-refractivity contribution in [3.8, 4) is 0 Å². The summed E-state index contributed by atoms with van der Waals surface area (Å²) in [5, 5.41) is 0. The Hall–Kier alpha value is -0.410. The van der Waals surface area contributed by atoms with E-state index in [-0.39, 0.29) is 5.92 Å². The van der Waals surface area contributed by atoms with Crippen LogP contribution in [0.1, 0.15) is 39.5 Å². The number of hydrogen-bond donors (Lipinski definition) is 0. The molecule has 19 heavy (non-hydrogen) atoms. The van der Waals surface area contributed by atoms with Gasteiger partial charge in [-0.2, -0.15) is 0 Å². The maximum absolute atomic E-state index is 12.3. The van der Waals surface area contributed by atoms with Crippen LogP contribution in [0.15, 0.2) is 0 Å². The predicted octanol–water partition coefficient (Wildman–Crippen LogP) is 2.26. The zero-order chi connectivity index (χ0) is 14.0. The Balaban J connectivity index is 1.87. The van der Waals surface area contributed by atoms with Gasteiger partial charge in [0.05, 0.1) is 0 Å². The lowest BCUT2D eigenvalue weighted by Crippen LogP contribution is -2.46. The first-order valence-corrected chi connectivity index (χ1v) is 7.89. The first-order chi connectivity index (χ1) is 8.97. The highest BCUT2D eigenvalue weighted by molar-refractivity contribution is 5.82. The van der Waals surface area contributed by atoms with Gasteiger partial charge in [0, 0.05) is 24.9 Å². The lowest BCUT2D eigenvalue weighted by Gasteiger charge is -2.39. The molecular weight excluding hydrogens is 236 g/mol. The van der Waals surface area contributed by atoms with Gasteiger partial charge in [-0.1, -0.05) is 13.8 Å². The number of carbonyl (C=O) groups excluding carboxylic acids is 1. The molecule has 3 nitrogen and oxygen atoms in total. The number of ketones is 1. The van der Waals surface area contributed by atoms with E-state index in [9.17, 15) is 4.79 Å². The molecule has 110 valence electrons. The molecule has 2 rings (SSSR count). The van der Waals surface area contributed by atoms with Crippen molar-refractivity contribution < 1.29 is 4.79 Å². The Morgan fingerprint density at radius 3 is 2.47 bits per heavy atom. The summed E-state index contributed by atoms with van der Waals surface area (Å²) in [6, 6.07) is 0.676. The fourth-order valence-corrected chi connectivity index (χ4v) is 3.87. The number of likely N-dealkylation sites (tertiary alicyclic amines) is 1. The lowest BCUT2D eigenvalue weighted by atomic mass is 9.74. The van der Waals surface area contributed by atoms with Crippen molar-refractivity contribution >= 4 is 5.78 Å². The van der Waals surface area contributed by atoms with Crippen LogP contribution < -0.4 is 0 Å². The van der Waals surface area contributed by atoms with E-state index >= 15 is 0 Å². The molecule has 1 aliphatic carbocycles. The first kappa shape index (κ1) is 15.0. The maximum atomic E-state index is 12.3. The molecule has 0 aromatic rings. The van der Waals surface area contributed by atoms with Gasteiger partial charge >= 0.3 is 0 Å². The average Bonchev–Trinajstić information content (AvgIpc) is 2.34. The molecule has 0 radical (unpaired) electrons. The van der Waals surface area contributed by atoms with Gasteiger partial charge in [0.15, 0.2) is 0 Å². The highest BCUT2D eigenvalue weighted by atomic mass is 16.1. The Bertz CT molecular complexity index is 310. The van der Waals surface area contributed by atoms with E-state index in [1.807, 2.05) is 0 Å². The van der Waals surface area contributed by atoms with Crippen molar-refractivity contribution in [3.05, 3.63) is 0 Å². The van der Waals surface area contributed by atoms with Crippen LogP contribution in [-0.2, 0) is 4.79 Å². The van der Waals surface area contributed by atoms with Crippen LogP contribution >= 0.6 is 0 Å². The number of hydrogen-bond acceptors (Lipinski definition) is 3. The average molecular weight is 266 g/mol. The molecule has 0 bridgehead atoms. The van der Waals surface area contributed by atoms with Crippen molar-refractivity contribution in [3.63, 3.8) is 0 Å². The summed E-state index contributed by atoms with van der Waals surface area (Å²) in [6.07, 6.45) is 4.52. The summed E-state index contributed by atoms with van der Waals surface area (Å²) in [6.45, 7) is 7.84. The maximum Gasteiger partial charge on any atom is 0.137 e. The topological polar surface area (TPSA) is 23.6 Å². The van der Waals surface area contributed by atoms with Gasteiger partial charge in [-0.3, -0.25) is 4.79 Å². The van der Waals surface area contributed by atoms with Crippen LogP contribution in [0.4, 0.5) is 0 Å². The fraction of sp³-hybridized carbons (Fsp3) is 0.938. The normalized spacial score (nSPS) is 35.0. The molecule has 2 aliphatic rings. The third-order valence-electron chi connectivity index (χ3n) is 5.22. The molecule has 0 amide bonds. The van der Waals surface area contributed by atoms with Gasteiger partial charge < -0.3 is 9.80 Å². The standard InChI is InChI=1S/C16H30N2O/c1-12-9-13(2)15(16(19)10-12)11-18(4)14-5-7-17(3)8-6-14/h12-15H,5-11H2,1-4H3. The second-order valence-corrected chi connectivity index (χ2v) is 7.07. The van der Waals surface area contributed by atoms with Crippen LogP contribution in [-0.4, -0.2) is 55.4 Å². The molecular formula is C16H30N2O. The van der Waals surface area contributed by atoms with Crippen LogP contribution in [0, 0.1) is 17.8 Å². The molecule has 1 heterocycles. The SMILES string of the molecule is CC1CC(=O)C(CN(C)C2CCN(C)CC2)C(C)C1. The number of rotatable bonds is 3. The van der Waals surface area contributed by atoms with E-state index < -0.39 is 0 Å². The molecule has 0 aromatic heterocycles. The van der Waals surface area contributed by atoms with Crippen molar-refractivity contribution in [2.45, 2.75) is 45.6 Å². The first-order valence-electron chi connectivity index (χ1n) is 7.89. The molecule has 3 atom stereocenters. The largest absolute Gasteiger partial charge is 0.306 e. The highest BCUT2D eigenvalue weighted by Gasteiger charge is 2.34. The molecule has 2 fully saturated rings. The summed E-state index contributed by atoms with van der Waals surface area (Å²) in [4.78, 5) is 17.1. The minimum Gasteiger partial charge on any atom is -0.306 e. The van der Waals surface area contributed by atoms with Gasteiger partial charge in [-0.15, -0.1) is 0 Å². The minimum atomic E-state index is 0.279. The zero-order valence-electron chi connectivity index (χ0n) is 13.1. The minimum absolute atomic E-state index is 0.279. The molecule has 0 aromatic carbocycles. The summed E-state index contributed by atoms with van der Waals surface area (Å²) < 4.78 is 0. The lowest BCUT2D eigenvalue weighted by molar-refractivity contribution is -0.128. The van der Waals surface area contributed by atoms with Gasteiger partial charge in [-0.05, 0) is 58.3 Å². The van der Waals surface area contributed by atoms with Gasteiger partial charge in [0.2, 0.25) is 0 Å². The zero-order valence-corrected chi connectivity index (χ0v) is 13.1. The molecule has 3 heteroatoms. The number of nitrogens with zero attached hydrogens (tertiary/aromatic N) is 2. The van der Waals surface area contributed by atoms with Crippen molar-refractivity contribution in [2.75, 3.05) is 33.7 Å². The molecule has 1 aliphatic heterocycles. The third-order valence-corrected chi connectivity index (χ3v) is 5.22. The Morgan fingerprint density at radius 2 is 1.89 bits per heavy atom. The summed E-state index contributed by atoms with van der Waals surface area (Å²) in [5.74, 6) is 1.93. The quantitative estimate of drug-likeness (QED) is 0.783. The van der Waals surface area contributed by atoms with E-state index in [2.05, 4.69) is 37.7 Å². The molecule has 0 N–H and O–H groups in total. The number of Topliss-reactive ketones (excluding diaryl/α,β-unsaturated/α-hetero) is 1. The molecule has 1 saturated carbocycles. The smallest absolute Gasteiger partial charge is 0.137 e. The van der Waals surface area contributed by atoms with E-state index in [0.29, 0.717) is 23.7 Å². The van der Waals surface area contributed by atoms with Crippen molar-refractivity contribution in [2.24, 2.45) is 17.8 Å². The third kappa shape index (κ3) is 3.79. The van der Waals surface area contributed by atoms with Gasteiger partial charge in [-0.25, -0.2) is 0 Å². The monoisotopic (exact) mass is 266 g/mol. The van der Waals surface area contributed by atoms with Crippen molar-refractivity contribution in [1.29, 1.82) is 0 Å². The van der Waals surface area contributed by atoms with E-state index in [4.69, 9.17) is 0 Å². The Labute approximate surface area is 118 Å². The van der Waals surface area contributed by atoms with Crippen LogP contribution in [0.2, 0.25) is 0 Å². The van der Waals surface area contributed by atoms with Gasteiger partial charge in [0.1, 0.15) is 5.78 Å². The van der Waals surface area contributed by atoms with E-state index in [0.717, 1.165) is 13.0 Å². The Morgan fingerprint density at radius 1 is 1.26 bits per heavy atom. The molecule has 1 saturated heterocycles. The molecule has 3 unspecified atom stereocenters. The van der Waals surface area contributed by atoms with Crippen LogP contribution in [0.25, 0.3) is 0 Å². The molecule has 0 spiro atoms. The second-order valence-electron chi connectivity index (χ2n) is 7.07. The van der Waals surface area contributed by atoms with Gasteiger partial charge in [0.25, 0.3) is 0 Å². The van der Waals surface area contributed by atoms with Crippen molar-refractivity contribution in [1.82, 2.24) is 9.80 Å². The highest BCUT2D eigenvalue weighted by Crippen LogP contribution is 2.32. The summed E-state index contributed by atoms with van der Waals surface area (Å²) in [7, 11) is 4.42. The summed E-state index contributed by atoms with van der Waals surface area (Å²) >= 11 is 0. The van der Waals surface area contributed by atoms with Crippen LogP contribution in [0.5, 0.6) is 0 Å². The fourth-order valence-electron chi connectivity index (χ4n) is 3.87. The van der Waals surface area contributed by atoms with E-state index in [1.165, 1.54) is 32.4 Å². The number of piperidine rings is 1. The summed E-state index contributed by atoms with van der Waals surface area (Å²) in [5.41, 5.74) is 0.